The highest BCUT2D eigenvalue weighted by Gasteiger charge is 2.49. The number of rotatable bonds is 2. The zero-order chi connectivity index (χ0) is 16.0. The molecule has 0 atom stereocenters. The number of nitrogens with zero attached hydrogens (tertiary/aromatic N) is 3. The second-order valence-corrected chi connectivity index (χ2v) is 7.54. The van der Waals surface area contributed by atoms with E-state index < -0.39 is 5.91 Å². The van der Waals surface area contributed by atoms with Gasteiger partial charge in [0.15, 0.2) is 0 Å². The first-order valence-electron chi connectivity index (χ1n) is 8.43. The van der Waals surface area contributed by atoms with Crippen molar-refractivity contribution in [2.24, 2.45) is 5.41 Å². The number of likely N-dealkylation sites (tertiary alicyclic amines) is 1. The fourth-order valence-electron chi connectivity index (χ4n) is 4.62. The summed E-state index contributed by atoms with van der Waals surface area (Å²) in [6, 6.07) is 2.55. The number of hydrogen-bond donors (Lipinski definition) is 2. The Kier molecular flexibility index (Phi) is 3.63. The summed E-state index contributed by atoms with van der Waals surface area (Å²) >= 11 is 0. The number of hydroxylamine groups is 1. The number of fused-ring (bicyclic) bond motifs is 1. The first kappa shape index (κ1) is 15.1. The highest BCUT2D eigenvalue weighted by atomic mass is 16.5. The zero-order valence-electron chi connectivity index (χ0n) is 13.6. The largest absolute Gasteiger partial charge is 0.306 e. The zero-order valence-corrected chi connectivity index (χ0v) is 13.6. The van der Waals surface area contributed by atoms with Gasteiger partial charge in [-0.15, -0.1) is 0 Å². The summed E-state index contributed by atoms with van der Waals surface area (Å²) < 4.78 is 0. The van der Waals surface area contributed by atoms with Gasteiger partial charge in [0, 0.05) is 31.9 Å². The van der Waals surface area contributed by atoms with Gasteiger partial charge in [-0.25, -0.2) is 5.48 Å². The molecule has 124 valence electrons. The van der Waals surface area contributed by atoms with Crippen LogP contribution in [0.1, 0.15) is 40.9 Å². The van der Waals surface area contributed by atoms with E-state index >= 15 is 0 Å². The lowest BCUT2D eigenvalue weighted by atomic mass is 9.64. The lowest BCUT2D eigenvalue weighted by molar-refractivity contribution is 0.000356. The molecule has 0 radical (unpaired) electrons. The molecule has 1 saturated heterocycles. The number of hydrogen-bond acceptors (Lipinski definition) is 5. The molecule has 3 aliphatic rings. The first-order chi connectivity index (χ1) is 11.1. The smallest absolute Gasteiger partial charge is 0.276 e. The van der Waals surface area contributed by atoms with E-state index in [4.69, 9.17) is 5.21 Å². The summed E-state index contributed by atoms with van der Waals surface area (Å²) in [6.45, 7) is 4.42. The van der Waals surface area contributed by atoms with Gasteiger partial charge in [0.2, 0.25) is 0 Å². The molecule has 1 amide bonds. The van der Waals surface area contributed by atoms with Crippen molar-refractivity contribution in [3.63, 3.8) is 0 Å². The maximum Gasteiger partial charge on any atom is 0.276 e. The summed E-state index contributed by atoms with van der Waals surface area (Å²) in [6.07, 6.45) is 6.47. The van der Waals surface area contributed by atoms with E-state index in [-0.39, 0.29) is 0 Å². The Labute approximate surface area is 136 Å². The molecule has 23 heavy (non-hydrogen) atoms. The topological polar surface area (TPSA) is 68.7 Å². The fourth-order valence-corrected chi connectivity index (χ4v) is 4.62. The number of pyridine rings is 1. The number of carbonyl (C=O) groups excluding carboxylic acids is 1. The Hall–Kier alpha value is -1.50. The molecule has 1 aromatic rings. The third kappa shape index (κ3) is 2.65. The lowest BCUT2D eigenvalue weighted by Crippen LogP contribution is -2.53. The minimum absolute atomic E-state index is 0.427. The Bertz CT molecular complexity index is 627. The average Bonchev–Trinajstić information content (AvgIpc) is 2.94. The van der Waals surface area contributed by atoms with Crippen molar-refractivity contribution in [3.05, 3.63) is 29.1 Å². The summed E-state index contributed by atoms with van der Waals surface area (Å²) in [5.41, 5.74) is 4.89. The van der Waals surface area contributed by atoms with Crippen LogP contribution in [0.3, 0.4) is 0 Å². The van der Waals surface area contributed by atoms with E-state index in [0.717, 1.165) is 30.8 Å². The molecule has 1 spiro atoms. The van der Waals surface area contributed by atoms with E-state index in [9.17, 15) is 4.79 Å². The van der Waals surface area contributed by atoms with Gasteiger partial charge in [-0.2, -0.15) is 0 Å². The molecule has 1 saturated carbocycles. The van der Waals surface area contributed by atoms with Crippen molar-refractivity contribution < 1.29 is 10.0 Å². The molecule has 2 fully saturated rings. The SMILES string of the molecule is CN1CC[C@]2(C1)C[C@H](N1CCc3cc(C(=O)NO)cnc3C1)C2. The van der Waals surface area contributed by atoms with Gasteiger partial charge in [0.1, 0.15) is 0 Å². The second-order valence-electron chi connectivity index (χ2n) is 7.54. The van der Waals surface area contributed by atoms with Gasteiger partial charge in [0.05, 0.1) is 11.3 Å². The van der Waals surface area contributed by atoms with Crippen LogP contribution >= 0.6 is 0 Å². The summed E-state index contributed by atoms with van der Waals surface area (Å²) in [5, 5.41) is 8.73. The van der Waals surface area contributed by atoms with Crippen LogP contribution in [0.25, 0.3) is 0 Å². The molecule has 3 heterocycles. The highest BCUT2D eigenvalue weighted by Crippen LogP contribution is 2.50. The predicted octanol–water partition coefficient (Wildman–Crippen LogP) is 1.04. The molecule has 2 N–H and O–H groups in total. The molecule has 0 unspecified atom stereocenters. The van der Waals surface area contributed by atoms with E-state index in [0.29, 0.717) is 17.0 Å². The molecule has 0 bridgehead atoms. The molecule has 0 aromatic carbocycles. The number of aromatic nitrogens is 1. The Morgan fingerprint density at radius 1 is 1.43 bits per heavy atom. The maximum atomic E-state index is 11.5. The molecule has 4 rings (SSSR count). The number of amides is 1. The Morgan fingerprint density at radius 3 is 2.96 bits per heavy atom. The summed E-state index contributed by atoms with van der Waals surface area (Å²) in [4.78, 5) is 21.0. The minimum atomic E-state index is -0.492. The van der Waals surface area contributed by atoms with Crippen LogP contribution in [0.15, 0.2) is 12.3 Å². The molecular formula is C17H24N4O2. The maximum absolute atomic E-state index is 11.5. The lowest BCUT2D eigenvalue weighted by Gasteiger charge is -2.51. The van der Waals surface area contributed by atoms with Crippen LogP contribution in [-0.4, -0.2) is 58.6 Å². The van der Waals surface area contributed by atoms with Crippen LogP contribution in [0.4, 0.5) is 0 Å². The molecule has 2 aliphatic heterocycles. The van der Waals surface area contributed by atoms with Gasteiger partial charge in [-0.3, -0.25) is 19.9 Å². The van der Waals surface area contributed by atoms with Gasteiger partial charge in [0.25, 0.3) is 5.91 Å². The van der Waals surface area contributed by atoms with Crippen LogP contribution in [0.2, 0.25) is 0 Å². The predicted molar refractivity (Wildman–Crippen MR) is 85.2 cm³/mol. The molecule has 6 heteroatoms. The quantitative estimate of drug-likeness (QED) is 0.630. The Morgan fingerprint density at radius 2 is 2.26 bits per heavy atom. The van der Waals surface area contributed by atoms with Crippen LogP contribution < -0.4 is 5.48 Å². The van der Waals surface area contributed by atoms with E-state index in [2.05, 4.69) is 21.8 Å². The standard InChI is InChI=1S/C17H24N4O2/c1-20-5-3-17(11-20)7-14(8-17)21-4-2-12-6-13(16(22)19-23)9-18-15(12)10-21/h6,9,14,23H,2-5,7-8,10-11H2,1H3,(H,19,22)/t14-,17-. The number of nitrogens with one attached hydrogen (secondary N) is 1. The van der Waals surface area contributed by atoms with E-state index in [1.807, 2.05) is 6.07 Å². The van der Waals surface area contributed by atoms with Crippen LogP contribution in [-0.2, 0) is 13.0 Å². The Balaban J connectivity index is 1.41. The van der Waals surface area contributed by atoms with Gasteiger partial charge in [-0.1, -0.05) is 0 Å². The fraction of sp³-hybridized carbons (Fsp3) is 0.647. The normalized spacial score (nSPS) is 31.0. The summed E-state index contributed by atoms with van der Waals surface area (Å²) in [5.74, 6) is -0.492. The van der Waals surface area contributed by atoms with Crippen LogP contribution in [0.5, 0.6) is 0 Å². The van der Waals surface area contributed by atoms with Crippen LogP contribution in [0, 0.1) is 5.41 Å². The van der Waals surface area contributed by atoms with Crippen molar-refractivity contribution >= 4 is 5.91 Å². The third-order valence-electron chi connectivity index (χ3n) is 5.93. The van der Waals surface area contributed by atoms with Crippen molar-refractivity contribution in [3.8, 4) is 0 Å². The van der Waals surface area contributed by atoms with Gasteiger partial charge in [-0.05, 0) is 56.3 Å². The van der Waals surface area contributed by atoms with Crippen molar-refractivity contribution in [1.82, 2.24) is 20.3 Å². The van der Waals surface area contributed by atoms with Crippen molar-refractivity contribution in [2.45, 2.75) is 38.3 Å². The average molecular weight is 316 g/mol. The molecule has 1 aliphatic carbocycles. The molecule has 1 aromatic heterocycles. The highest BCUT2D eigenvalue weighted by molar-refractivity contribution is 5.93. The minimum Gasteiger partial charge on any atom is -0.306 e. The van der Waals surface area contributed by atoms with E-state index in [1.165, 1.54) is 32.4 Å². The third-order valence-corrected chi connectivity index (χ3v) is 5.93. The second kappa shape index (κ2) is 5.54. The van der Waals surface area contributed by atoms with E-state index in [1.54, 1.807) is 11.7 Å². The van der Waals surface area contributed by atoms with Gasteiger partial charge >= 0.3 is 0 Å². The van der Waals surface area contributed by atoms with Crippen molar-refractivity contribution in [2.75, 3.05) is 26.7 Å². The number of carbonyl (C=O) groups is 1. The summed E-state index contributed by atoms with van der Waals surface area (Å²) in [7, 11) is 2.23. The molecular weight excluding hydrogens is 292 g/mol. The first-order valence-corrected chi connectivity index (χ1v) is 8.43. The van der Waals surface area contributed by atoms with Gasteiger partial charge < -0.3 is 4.90 Å². The van der Waals surface area contributed by atoms with Crippen molar-refractivity contribution in [1.29, 1.82) is 0 Å². The molecule has 6 nitrogen and oxygen atoms in total. The monoisotopic (exact) mass is 316 g/mol.